The highest BCUT2D eigenvalue weighted by Gasteiger charge is 2.23. The van der Waals surface area contributed by atoms with Gasteiger partial charge in [0.1, 0.15) is 0 Å². The second-order valence-corrected chi connectivity index (χ2v) is 5.85. The van der Waals surface area contributed by atoms with Crippen molar-refractivity contribution in [2.75, 3.05) is 32.7 Å². The van der Waals surface area contributed by atoms with Crippen molar-refractivity contribution in [3.05, 3.63) is 35.4 Å². The standard InChI is InChI=1S/C16H21F4N3O/c1-11(12-4-2-5-13(17)15(12)20)21-16(24)23-7-3-6-22(8-9-23)10-14(18)19/h2,4-5,11,14H,3,6-10H2,1H3,(H,21,24)/t11-/m1/s1. The SMILES string of the molecule is C[C@@H](NC(=O)N1CCCN(CC(F)F)CC1)c1cccc(F)c1F. The fourth-order valence-electron chi connectivity index (χ4n) is 2.76. The van der Waals surface area contributed by atoms with E-state index in [0.29, 0.717) is 32.6 Å². The van der Waals surface area contributed by atoms with Crippen LogP contribution in [0, 0.1) is 11.6 Å². The van der Waals surface area contributed by atoms with Gasteiger partial charge in [-0.05, 0) is 19.4 Å². The first-order valence-corrected chi connectivity index (χ1v) is 7.88. The van der Waals surface area contributed by atoms with E-state index in [1.165, 1.54) is 17.0 Å². The van der Waals surface area contributed by atoms with Crippen LogP contribution >= 0.6 is 0 Å². The van der Waals surface area contributed by atoms with Crippen LogP contribution in [0.2, 0.25) is 0 Å². The zero-order chi connectivity index (χ0) is 17.7. The number of rotatable bonds is 4. The predicted octanol–water partition coefficient (Wildman–Crippen LogP) is 3.01. The highest BCUT2D eigenvalue weighted by molar-refractivity contribution is 5.74. The number of carbonyl (C=O) groups excluding carboxylic acids is 1. The summed E-state index contributed by atoms with van der Waals surface area (Å²) in [6, 6.07) is 2.69. The molecule has 0 bridgehead atoms. The van der Waals surface area contributed by atoms with Gasteiger partial charge in [-0.15, -0.1) is 0 Å². The molecule has 1 aliphatic heterocycles. The van der Waals surface area contributed by atoms with Crippen molar-refractivity contribution in [1.29, 1.82) is 0 Å². The first-order chi connectivity index (χ1) is 11.4. The zero-order valence-corrected chi connectivity index (χ0v) is 13.4. The van der Waals surface area contributed by atoms with Crippen LogP contribution in [0.3, 0.4) is 0 Å². The molecule has 1 saturated heterocycles. The summed E-state index contributed by atoms with van der Waals surface area (Å²) in [5.41, 5.74) is 0.0671. The summed E-state index contributed by atoms with van der Waals surface area (Å²) in [6.07, 6.45) is -1.82. The monoisotopic (exact) mass is 347 g/mol. The molecular formula is C16H21F4N3O. The molecule has 24 heavy (non-hydrogen) atoms. The van der Waals surface area contributed by atoms with Gasteiger partial charge in [0, 0.05) is 31.7 Å². The van der Waals surface area contributed by atoms with Gasteiger partial charge < -0.3 is 10.2 Å². The van der Waals surface area contributed by atoms with E-state index in [-0.39, 0.29) is 12.1 Å². The second kappa shape index (κ2) is 8.32. The van der Waals surface area contributed by atoms with Crippen LogP contribution in [0.25, 0.3) is 0 Å². The van der Waals surface area contributed by atoms with Crippen molar-refractivity contribution in [2.45, 2.75) is 25.8 Å². The molecule has 0 aromatic heterocycles. The number of benzene rings is 1. The summed E-state index contributed by atoms with van der Waals surface area (Å²) in [5.74, 6) is -1.95. The molecule has 1 aromatic rings. The first-order valence-electron chi connectivity index (χ1n) is 7.88. The molecule has 0 aliphatic carbocycles. The highest BCUT2D eigenvalue weighted by atomic mass is 19.3. The van der Waals surface area contributed by atoms with E-state index in [9.17, 15) is 22.4 Å². The molecule has 4 nitrogen and oxygen atoms in total. The van der Waals surface area contributed by atoms with E-state index < -0.39 is 30.1 Å². The third-order valence-electron chi connectivity index (χ3n) is 4.06. The number of hydrogen-bond acceptors (Lipinski definition) is 2. The number of alkyl halides is 2. The largest absolute Gasteiger partial charge is 0.331 e. The molecule has 1 fully saturated rings. The Balaban J connectivity index is 1.93. The Labute approximate surface area is 138 Å². The molecule has 1 heterocycles. The van der Waals surface area contributed by atoms with E-state index in [2.05, 4.69) is 5.32 Å². The fraction of sp³-hybridized carbons (Fsp3) is 0.562. The van der Waals surface area contributed by atoms with Gasteiger partial charge in [0.2, 0.25) is 0 Å². The maximum atomic E-state index is 13.8. The maximum absolute atomic E-state index is 13.8. The Bertz CT molecular complexity index is 570. The van der Waals surface area contributed by atoms with Crippen LogP contribution in [-0.4, -0.2) is 55.0 Å². The molecule has 134 valence electrons. The van der Waals surface area contributed by atoms with Crippen LogP contribution in [0.4, 0.5) is 22.4 Å². The Morgan fingerprint density at radius 2 is 1.96 bits per heavy atom. The van der Waals surface area contributed by atoms with Gasteiger partial charge in [-0.3, -0.25) is 4.90 Å². The molecule has 2 rings (SSSR count). The zero-order valence-electron chi connectivity index (χ0n) is 13.4. The average Bonchev–Trinajstić information content (AvgIpc) is 2.75. The van der Waals surface area contributed by atoms with Crippen LogP contribution in [-0.2, 0) is 0 Å². The fourth-order valence-corrected chi connectivity index (χ4v) is 2.76. The summed E-state index contributed by atoms with van der Waals surface area (Å²) >= 11 is 0. The number of carbonyl (C=O) groups is 1. The third kappa shape index (κ3) is 4.83. The summed E-state index contributed by atoms with van der Waals surface area (Å²) in [5, 5.41) is 2.63. The number of amides is 2. The smallest absolute Gasteiger partial charge is 0.317 e. The van der Waals surface area contributed by atoms with Crippen LogP contribution in [0.5, 0.6) is 0 Å². The van der Waals surface area contributed by atoms with Crippen molar-refractivity contribution in [3.63, 3.8) is 0 Å². The molecular weight excluding hydrogens is 326 g/mol. The molecule has 2 amide bonds. The van der Waals surface area contributed by atoms with Gasteiger partial charge in [-0.1, -0.05) is 12.1 Å². The Hall–Kier alpha value is -1.83. The van der Waals surface area contributed by atoms with Crippen LogP contribution in [0.15, 0.2) is 18.2 Å². The van der Waals surface area contributed by atoms with E-state index in [4.69, 9.17) is 0 Å². The van der Waals surface area contributed by atoms with Crippen LogP contribution < -0.4 is 5.32 Å². The number of nitrogens with zero attached hydrogens (tertiary/aromatic N) is 2. The molecule has 1 N–H and O–H groups in total. The van der Waals surface area contributed by atoms with Gasteiger partial charge >= 0.3 is 6.03 Å². The second-order valence-electron chi connectivity index (χ2n) is 5.85. The Morgan fingerprint density at radius 1 is 1.21 bits per heavy atom. The van der Waals surface area contributed by atoms with E-state index in [1.807, 2.05) is 0 Å². The van der Waals surface area contributed by atoms with Crippen LogP contribution in [0.1, 0.15) is 24.9 Å². The van der Waals surface area contributed by atoms with E-state index in [0.717, 1.165) is 6.07 Å². The van der Waals surface area contributed by atoms with Crippen molar-refractivity contribution in [3.8, 4) is 0 Å². The molecule has 8 heteroatoms. The maximum Gasteiger partial charge on any atom is 0.317 e. The van der Waals surface area contributed by atoms with Gasteiger partial charge in [-0.2, -0.15) is 0 Å². The summed E-state index contributed by atoms with van der Waals surface area (Å²) in [4.78, 5) is 15.4. The number of hydrogen-bond donors (Lipinski definition) is 1. The molecule has 1 aliphatic rings. The number of halogens is 4. The Kier molecular flexibility index (Phi) is 6.42. The first kappa shape index (κ1) is 18.5. The van der Waals surface area contributed by atoms with Gasteiger partial charge in [0.25, 0.3) is 6.43 Å². The third-order valence-corrected chi connectivity index (χ3v) is 4.06. The molecule has 0 unspecified atom stereocenters. The van der Waals surface area contributed by atoms with E-state index in [1.54, 1.807) is 11.8 Å². The lowest BCUT2D eigenvalue weighted by Gasteiger charge is -2.24. The minimum Gasteiger partial charge on any atom is -0.331 e. The number of nitrogens with one attached hydrogen (secondary N) is 1. The lowest BCUT2D eigenvalue weighted by Crippen LogP contribution is -2.43. The molecule has 1 atom stereocenters. The van der Waals surface area contributed by atoms with Crippen molar-refractivity contribution >= 4 is 6.03 Å². The average molecular weight is 347 g/mol. The summed E-state index contributed by atoms with van der Waals surface area (Å²) < 4.78 is 51.9. The van der Waals surface area contributed by atoms with Crippen molar-refractivity contribution < 1.29 is 22.4 Å². The topological polar surface area (TPSA) is 35.6 Å². The van der Waals surface area contributed by atoms with Gasteiger partial charge in [0.05, 0.1) is 12.6 Å². The quantitative estimate of drug-likeness (QED) is 0.850. The summed E-state index contributed by atoms with van der Waals surface area (Å²) in [6.45, 7) is 2.88. The predicted molar refractivity (Wildman–Crippen MR) is 81.9 cm³/mol. The lowest BCUT2D eigenvalue weighted by atomic mass is 10.1. The van der Waals surface area contributed by atoms with Crippen molar-refractivity contribution in [1.82, 2.24) is 15.1 Å². The van der Waals surface area contributed by atoms with E-state index >= 15 is 0 Å². The number of urea groups is 1. The highest BCUT2D eigenvalue weighted by Crippen LogP contribution is 2.19. The van der Waals surface area contributed by atoms with Gasteiger partial charge in [0.15, 0.2) is 11.6 Å². The lowest BCUT2D eigenvalue weighted by molar-refractivity contribution is 0.0903. The molecule has 0 radical (unpaired) electrons. The van der Waals surface area contributed by atoms with Crippen molar-refractivity contribution in [2.24, 2.45) is 0 Å². The molecule has 1 aromatic carbocycles. The van der Waals surface area contributed by atoms with Gasteiger partial charge in [-0.25, -0.2) is 22.4 Å². The molecule has 0 saturated carbocycles. The summed E-state index contributed by atoms with van der Waals surface area (Å²) in [7, 11) is 0. The molecule has 0 spiro atoms. The normalized spacial score (nSPS) is 17.7. The minimum absolute atomic E-state index is 0.0671. The Morgan fingerprint density at radius 3 is 2.67 bits per heavy atom. The minimum atomic E-state index is -2.40.